The summed E-state index contributed by atoms with van der Waals surface area (Å²) in [6, 6.07) is 5.25. The summed E-state index contributed by atoms with van der Waals surface area (Å²) in [4.78, 5) is 17.6. The summed E-state index contributed by atoms with van der Waals surface area (Å²) in [5.41, 5.74) is 0.499. The standard InChI is InChI=1S/C17H17N3O4S/c1-10-19-16-12(5-6-25-16)17(21)20(10)18-9-11-7-13(22-2)15(24-4)14(8-11)23-3/h5-9H,1-4H3. The molecule has 1 aromatic carbocycles. The van der Waals surface area contributed by atoms with Gasteiger partial charge in [-0.15, -0.1) is 11.3 Å². The van der Waals surface area contributed by atoms with Crippen LogP contribution in [0.15, 0.2) is 33.5 Å². The van der Waals surface area contributed by atoms with E-state index in [4.69, 9.17) is 14.2 Å². The first-order valence-electron chi connectivity index (χ1n) is 7.40. The number of hydrogen-bond donors (Lipinski definition) is 0. The van der Waals surface area contributed by atoms with Gasteiger partial charge in [0.15, 0.2) is 11.5 Å². The molecule has 7 nitrogen and oxygen atoms in total. The molecule has 2 heterocycles. The second-order valence-electron chi connectivity index (χ2n) is 5.12. The van der Waals surface area contributed by atoms with Crippen molar-refractivity contribution >= 4 is 27.8 Å². The molecule has 0 aliphatic carbocycles. The van der Waals surface area contributed by atoms with Gasteiger partial charge in [0.05, 0.1) is 32.9 Å². The second-order valence-corrected chi connectivity index (χ2v) is 6.01. The van der Waals surface area contributed by atoms with Crippen molar-refractivity contribution in [3.63, 3.8) is 0 Å². The molecule has 0 N–H and O–H groups in total. The van der Waals surface area contributed by atoms with Crippen LogP contribution in [0.2, 0.25) is 0 Å². The van der Waals surface area contributed by atoms with Crippen molar-refractivity contribution in [2.45, 2.75) is 6.92 Å². The second kappa shape index (κ2) is 6.94. The van der Waals surface area contributed by atoms with E-state index in [9.17, 15) is 4.79 Å². The molecule has 0 unspecified atom stereocenters. The third-order valence-corrected chi connectivity index (χ3v) is 4.45. The van der Waals surface area contributed by atoms with Crippen LogP contribution in [0.4, 0.5) is 0 Å². The van der Waals surface area contributed by atoms with Crippen LogP contribution >= 0.6 is 11.3 Å². The average molecular weight is 359 g/mol. The maximum Gasteiger partial charge on any atom is 0.282 e. The summed E-state index contributed by atoms with van der Waals surface area (Å²) in [7, 11) is 4.63. The largest absolute Gasteiger partial charge is 0.493 e. The molecule has 0 saturated carbocycles. The molecule has 0 spiro atoms. The Morgan fingerprint density at radius 2 is 1.84 bits per heavy atom. The van der Waals surface area contributed by atoms with Crippen molar-refractivity contribution in [2.75, 3.05) is 21.3 Å². The van der Waals surface area contributed by atoms with Gasteiger partial charge in [0, 0.05) is 5.56 Å². The van der Waals surface area contributed by atoms with E-state index in [1.165, 1.54) is 16.0 Å². The Morgan fingerprint density at radius 1 is 1.16 bits per heavy atom. The van der Waals surface area contributed by atoms with Gasteiger partial charge in [-0.05, 0) is 30.5 Å². The van der Waals surface area contributed by atoms with Gasteiger partial charge in [-0.3, -0.25) is 4.79 Å². The lowest BCUT2D eigenvalue weighted by Crippen LogP contribution is -2.19. The molecule has 25 heavy (non-hydrogen) atoms. The molecule has 2 aromatic heterocycles. The molecule has 0 saturated heterocycles. The summed E-state index contributed by atoms with van der Waals surface area (Å²) in [6.07, 6.45) is 1.55. The predicted octanol–water partition coefficient (Wildman–Crippen LogP) is 2.67. The van der Waals surface area contributed by atoms with Crippen molar-refractivity contribution in [3.05, 3.63) is 45.3 Å². The number of aryl methyl sites for hydroxylation is 1. The van der Waals surface area contributed by atoms with Crippen LogP contribution < -0.4 is 19.8 Å². The van der Waals surface area contributed by atoms with Crippen molar-refractivity contribution < 1.29 is 14.2 Å². The molecule has 0 aliphatic heterocycles. The predicted molar refractivity (Wildman–Crippen MR) is 97.7 cm³/mol. The number of fused-ring (bicyclic) bond motifs is 1. The summed E-state index contributed by atoms with van der Waals surface area (Å²) in [5, 5.41) is 6.67. The maximum absolute atomic E-state index is 12.5. The number of methoxy groups -OCH3 is 3. The molecule has 0 atom stereocenters. The van der Waals surface area contributed by atoms with E-state index >= 15 is 0 Å². The lowest BCUT2D eigenvalue weighted by atomic mass is 10.2. The molecule has 0 fully saturated rings. The molecule has 8 heteroatoms. The zero-order valence-electron chi connectivity index (χ0n) is 14.3. The summed E-state index contributed by atoms with van der Waals surface area (Å²) < 4.78 is 17.2. The van der Waals surface area contributed by atoms with E-state index in [2.05, 4.69) is 10.1 Å². The van der Waals surface area contributed by atoms with E-state index in [1.807, 2.05) is 5.38 Å². The van der Waals surface area contributed by atoms with E-state index in [0.29, 0.717) is 38.9 Å². The maximum atomic E-state index is 12.5. The van der Waals surface area contributed by atoms with Crippen molar-refractivity contribution in [1.29, 1.82) is 0 Å². The quantitative estimate of drug-likeness (QED) is 0.655. The molecule has 0 amide bonds. The SMILES string of the molecule is COc1cc(C=Nn2c(C)nc3sccc3c2=O)cc(OC)c1OC. The Kier molecular flexibility index (Phi) is 4.71. The number of hydrogen-bond acceptors (Lipinski definition) is 7. The van der Waals surface area contributed by atoms with Crippen LogP contribution in [0.25, 0.3) is 10.2 Å². The third-order valence-electron chi connectivity index (χ3n) is 3.65. The summed E-state index contributed by atoms with van der Waals surface area (Å²) >= 11 is 1.43. The van der Waals surface area contributed by atoms with Gasteiger partial charge in [0.1, 0.15) is 10.7 Å². The number of aromatic nitrogens is 2. The Balaban J connectivity index is 2.07. The van der Waals surface area contributed by atoms with Crippen molar-refractivity contribution in [3.8, 4) is 17.2 Å². The van der Waals surface area contributed by atoms with Gasteiger partial charge in [-0.2, -0.15) is 9.78 Å². The highest BCUT2D eigenvalue weighted by molar-refractivity contribution is 7.16. The Morgan fingerprint density at radius 3 is 2.44 bits per heavy atom. The van der Waals surface area contributed by atoms with E-state index in [1.54, 1.807) is 52.7 Å². The first-order valence-corrected chi connectivity index (χ1v) is 8.28. The zero-order valence-corrected chi connectivity index (χ0v) is 15.1. The van der Waals surface area contributed by atoms with E-state index in [0.717, 1.165) is 0 Å². The molecule has 0 radical (unpaired) electrons. The fourth-order valence-electron chi connectivity index (χ4n) is 2.44. The number of ether oxygens (including phenoxy) is 3. The Hall–Kier alpha value is -2.87. The lowest BCUT2D eigenvalue weighted by Gasteiger charge is -2.12. The normalized spacial score (nSPS) is 11.2. The molecular weight excluding hydrogens is 342 g/mol. The minimum atomic E-state index is -0.201. The third kappa shape index (κ3) is 3.08. The minimum Gasteiger partial charge on any atom is -0.493 e. The molecule has 0 bridgehead atoms. The van der Waals surface area contributed by atoms with Gasteiger partial charge >= 0.3 is 0 Å². The number of rotatable bonds is 5. The van der Waals surface area contributed by atoms with Crippen molar-refractivity contribution in [2.24, 2.45) is 5.10 Å². The van der Waals surface area contributed by atoms with Crippen LogP contribution in [0.5, 0.6) is 17.2 Å². The zero-order chi connectivity index (χ0) is 18.0. The van der Waals surface area contributed by atoms with Gasteiger partial charge in [-0.1, -0.05) is 0 Å². The summed E-state index contributed by atoms with van der Waals surface area (Å²) in [6.45, 7) is 1.74. The van der Waals surface area contributed by atoms with Crippen molar-refractivity contribution in [1.82, 2.24) is 9.66 Å². The van der Waals surface area contributed by atoms with Crippen LogP contribution in [-0.2, 0) is 0 Å². The molecule has 130 valence electrons. The monoisotopic (exact) mass is 359 g/mol. The van der Waals surface area contributed by atoms with Gasteiger partial charge < -0.3 is 14.2 Å². The summed E-state index contributed by atoms with van der Waals surface area (Å²) in [5.74, 6) is 2.04. The number of thiophene rings is 1. The van der Waals surface area contributed by atoms with Gasteiger partial charge in [0.25, 0.3) is 5.56 Å². The first-order chi connectivity index (χ1) is 12.1. The smallest absolute Gasteiger partial charge is 0.282 e. The Labute approximate surface area is 148 Å². The number of benzene rings is 1. The van der Waals surface area contributed by atoms with Gasteiger partial charge in [-0.25, -0.2) is 4.98 Å². The minimum absolute atomic E-state index is 0.201. The average Bonchev–Trinajstić information content (AvgIpc) is 3.08. The fraction of sp³-hybridized carbons (Fsp3) is 0.235. The molecule has 0 aliphatic rings. The Bertz CT molecular complexity index is 982. The molecular formula is C17H17N3O4S. The lowest BCUT2D eigenvalue weighted by molar-refractivity contribution is 0.324. The highest BCUT2D eigenvalue weighted by Crippen LogP contribution is 2.37. The highest BCUT2D eigenvalue weighted by Gasteiger charge is 2.13. The van der Waals surface area contributed by atoms with Crippen LogP contribution in [0, 0.1) is 6.92 Å². The topological polar surface area (TPSA) is 74.9 Å². The van der Waals surface area contributed by atoms with Crippen LogP contribution in [0.3, 0.4) is 0 Å². The number of nitrogens with zero attached hydrogens (tertiary/aromatic N) is 3. The van der Waals surface area contributed by atoms with E-state index in [-0.39, 0.29) is 5.56 Å². The van der Waals surface area contributed by atoms with Crippen LogP contribution in [-0.4, -0.2) is 37.2 Å². The molecule has 3 rings (SSSR count). The first kappa shape index (κ1) is 17.0. The highest BCUT2D eigenvalue weighted by atomic mass is 32.1. The van der Waals surface area contributed by atoms with Gasteiger partial charge in [0.2, 0.25) is 5.75 Å². The fourth-order valence-corrected chi connectivity index (χ4v) is 3.24. The molecule has 3 aromatic rings. The van der Waals surface area contributed by atoms with Crippen LogP contribution in [0.1, 0.15) is 11.4 Å². The van der Waals surface area contributed by atoms with E-state index < -0.39 is 0 Å².